The third-order valence-electron chi connectivity index (χ3n) is 2.99. The summed E-state index contributed by atoms with van der Waals surface area (Å²) in [5, 5.41) is 0. The molecule has 0 saturated heterocycles. The van der Waals surface area contributed by atoms with Gasteiger partial charge in [-0.05, 0) is 35.2 Å². The highest BCUT2D eigenvalue weighted by Gasteiger charge is 2.13. The van der Waals surface area contributed by atoms with Crippen molar-refractivity contribution >= 4 is 5.69 Å². The topological polar surface area (TPSA) is 47.3 Å². The number of rotatable bonds is 3. The van der Waals surface area contributed by atoms with E-state index >= 15 is 0 Å². The molecule has 2 aromatic rings. The first-order valence-corrected chi connectivity index (χ1v) is 6.35. The standard InChI is InChI=1S/C16H20N2O/c1-16(2,3)12-8-10-13(11-9-12)19-15-7-5-4-6-14(15)18-17/h4-11,18H,17H2,1-3H3. The van der Waals surface area contributed by atoms with Gasteiger partial charge in [0.15, 0.2) is 5.75 Å². The van der Waals surface area contributed by atoms with Crippen molar-refractivity contribution < 1.29 is 4.74 Å². The maximum Gasteiger partial charge on any atom is 0.151 e. The summed E-state index contributed by atoms with van der Waals surface area (Å²) in [7, 11) is 0. The van der Waals surface area contributed by atoms with E-state index in [2.05, 4.69) is 38.3 Å². The number of anilines is 1. The Morgan fingerprint density at radius 2 is 1.58 bits per heavy atom. The SMILES string of the molecule is CC(C)(C)c1ccc(Oc2ccccc2NN)cc1. The first-order valence-electron chi connectivity index (χ1n) is 6.35. The van der Waals surface area contributed by atoms with Crippen molar-refractivity contribution in [2.45, 2.75) is 26.2 Å². The van der Waals surface area contributed by atoms with Gasteiger partial charge in [0.1, 0.15) is 5.75 Å². The molecule has 2 rings (SSSR count). The third kappa shape index (κ3) is 3.26. The smallest absolute Gasteiger partial charge is 0.151 e. The highest BCUT2D eigenvalue weighted by Crippen LogP contribution is 2.30. The zero-order chi connectivity index (χ0) is 13.9. The van der Waals surface area contributed by atoms with Crippen LogP contribution in [0.2, 0.25) is 0 Å². The van der Waals surface area contributed by atoms with Crippen LogP contribution in [0.5, 0.6) is 11.5 Å². The van der Waals surface area contributed by atoms with E-state index in [1.807, 2.05) is 36.4 Å². The number of ether oxygens (including phenoxy) is 1. The van der Waals surface area contributed by atoms with Gasteiger partial charge in [0, 0.05) is 0 Å². The molecule has 0 heterocycles. The van der Waals surface area contributed by atoms with Gasteiger partial charge < -0.3 is 10.2 Å². The van der Waals surface area contributed by atoms with Crippen LogP contribution < -0.4 is 16.0 Å². The number of nitrogens with one attached hydrogen (secondary N) is 1. The molecule has 0 atom stereocenters. The van der Waals surface area contributed by atoms with Crippen LogP contribution in [0.3, 0.4) is 0 Å². The molecule has 0 unspecified atom stereocenters. The zero-order valence-electron chi connectivity index (χ0n) is 11.6. The molecule has 0 bridgehead atoms. The normalized spacial score (nSPS) is 11.2. The summed E-state index contributed by atoms with van der Waals surface area (Å²) in [6.45, 7) is 6.57. The Kier molecular flexibility index (Phi) is 3.76. The van der Waals surface area contributed by atoms with E-state index in [1.165, 1.54) is 5.56 Å². The summed E-state index contributed by atoms with van der Waals surface area (Å²) in [4.78, 5) is 0. The highest BCUT2D eigenvalue weighted by molar-refractivity contribution is 5.56. The van der Waals surface area contributed by atoms with E-state index in [0.29, 0.717) is 5.75 Å². The zero-order valence-corrected chi connectivity index (χ0v) is 11.6. The van der Waals surface area contributed by atoms with E-state index in [0.717, 1.165) is 11.4 Å². The molecule has 3 nitrogen and oxygen atoms in total. The summed E-state index contributed by atoms with van der Waals surface area (Å²) in [5.41, 5.74) is 4.82. The molecule has 0 saturated carbocycles. The average Bonchev–Trinajstić information content (AvgIpc) is 2.39. The monoisotopic (exact) mass is 256 g/mol. The number of benzene rings is 2. The van der Waals surface area contributed by atoms with Crippen LogP contribution in [0.15, 0.2) is 48.5 Å². The van der Waals surface area contributed by atoms with E-state index in [4.69, 9.17) is 10.6 Å². The predicted octanol–water partition coefficient (Wildman–Crippen LogP) is 4.06. The van der Waals surface area contributed by atoms with Crippen molar-refractivity contribution in [1.29, 1.82) is 0 Å². The molecule has 0 radical (unpaired) electrons. The minimum absolute atomic E-state index is 0.148. The molecular formula is C16H20N2O. The maximum atomic E-state index is 5.83. The minimum Gasteiger partial charge on any atom is -0.455 e. The lowest BCUT2D eigenvalue weighted by Crippen LogP contribution is -2.10. The number of hydrogen-bond acceptors (Lipinski definition) is 3. The number of para-hydroxylation sites is 2. The Morgan fingerprint density at radius 3 is 2.16 bits per heavy atom. The first kappa shape index (κ1) is 13.4. The van der Waals surface area contributed by atoms with Crippen LogP contribution in [0, 0.1) is 0 Å². The number of nitrogens with two attached hydrogens (primary N) is 1. The van der Waals surface area contributed by atoms with Crippen LogP contribution in [0.4, 0.5) is 5.69 Å². The molecule has 0 aliphatic carbocycles. The molecular weight excluding hydrogens is 236 g/mol. The first-order chi connectivity index (χ1) is 9.00. The average molecular weight is 256 g/mol. The van der Waals surface area contributed by atoms with Crippen LogP contribution in [-0.2, 0) is 5.41 Å². The predicted molar refractivity (Wildman–Crippen MR) is 79.5 cm³/mol. The largest absolute Gasteiger partial charge is 0.455 e. The van der Waals surface area contributed by atoms with E-state index < -0.39 is 0 Å². The fourth-order valence-corrected chi connectivity index (χ4v) is 1.82. The Labute approximate surface area is 114 Å². The molecule has 0 aliphatic rings. The molecule has 0 aromatic heterocycles. The summed E-state index contributed by atoms with van der Waals surface area (Å²) in [6, 6.07) is 15.7. The lowest BCUT2D eigenvalue weighted by molar-refractivity contribution is 0.483. The third-order valence-corrected chi connectivity index (χ3v) is 2.99. The van der Waals surface area contributed by atoms with Crippen molar-refractivity contribution in [3.05, 3.63) is 54.1 Å². The number of hydrogen-bond donors (Lipinski definition) is 2. The molecule has 3 heteroatoms. The van der Waals surface area contributed by atoms with Crippen molar-refractivity contribution in [3.63, 3.8) is 0 Å². The number of nitrogen functional groups attached to an aromatic ring is 1. The summed E-state index contributed by atoms with van der Waals surface area (Å²) in [5.74, 6) is 6.97. The van der Waals surface area contributed by atoms with Crippen LogP contribution >= 0.6 is 0 Å². The molecule has 0 amide bonds. The summed E-state index contributed by atoms with van der Waals surface area (Å²) >= 11 is 0. The molecule has 3 N–H and O–H groups in total. The number of hydrazine groups is 1. The van der Waals surface area contributed by atoms with Gasteiger partial charge in [-0.15, -0.1) is 0 Å². The fourth-order valence-electron chi connectivity index (χ4n) is 1.82. The van der Waals surface area contributed by atoms with Crippen molar-refractivity contribution in [3.8, 4) is 11.5 Å². The van der Waals surface area contributed by atoms with Gasteiger partial charge >= 0.3 is 0 Å². The Balaban J connectivity index is 2.20. The van der Waals surface area contributed by atoms with Gasteiger partial charge in [0.2, 0.25) is 0 Å². The van der Waals surface area contributed by atoms with Gasteiger partial charge in [-0.3, -0.25) is 5.84 Å². The second-order valence-corrected chi connectivity index (χ2v) is 5.52. The second-order valence-electron chi connectivity index (χ2n) is 5.52. The van der Waals surface area contributed by atoms with Gasteiger partial charge in [-0.25, -0.2) is 0 Å². The molecule has 0 aliphatic heterocycles. The second kappa shape index (κ2) is 5.33. The minimum atomic E-state index is 0.148. The maximum absolute atomic E-state index is 5.83. The van der Waals surface area contributed by atoms with E-state index in [9.17, 15) is 0 Å². The van der Waals surface area contributed by atoms with Crippen molar-refractivity contribution in [2.24, 2.45) is 5.84 Å². The van der Waals surface area contributed by atoms with Crippen molar-refractivity contribution in [1.82, 2.24) is 0 Å². The van der Waals surface area contributed by atoms with Gasteiger partial charge in [-0.2, -0.15) is 0 Å². The lowest BCUT2D eigenvalue weighted by Gasteiger charge is -2.19. The fraction of sp³-hybridized carbons (Fsp3) is 0.250. The quantitative estimate of drug-likeness (QED) is 0.643. The van der Waals surface area contributed by atoms with Crippen LogP contribution in [0.25, 0.3) is 0 Å². The van der Waals surface area contributed by atoms with Gasteiger partial charge in [0.05, 0.1) is 5.69 Å². The lowest BCUT2D eigenvalue weighted by atomic mass is 9.87. The van der Waals surface area contributed by atoms with Gasteiger partial charge in [0.25, 0.3) is 0 Å². The summed E-state index contributed by atoms with van der Waals surface area (Å²) in [6.07, 6.45) is 0. The van der Waals surface area contributed by atoms with Crippen LogP contribution in [-0.4, -0.2) is 0 Å². The Morgan fingerprint density at radius 1 is 0.947 bits per heavy atom. The molecule has 0 spiro atoms. The van der Waals surface area contributed by atoms with E-state index in [1.54, 1.807) is 0 Å². The highest BCUT2D eigenvalue weighted by atomic mass is 16.5. The van der Waals surface area contributed by atoms with Crippen LogP contribution in [0.1, 0.15) is 26.3 Å². The van der Waals surface area contributed by atoms with Crippen molar-refractivity contribution in [2.75, 3.05) is 5.43 Å². The summed E-state index contributed by atoms with van der Waals surface area (Å²) < 4.78 is 5.83. The molecule has 100 valence electrons. The molecule has 19 heavy (non-hydrogen) atoms. The molecule has 0 fully saturated rings. The van der Waals surface area contributed by atoms with E-state index in [-0.39, 0.29) is 5.41 Å². The Hall–Kier alpha value is -2.00. The molecule has 2 aromatic carbocycles. The Bertz CT molecular complexity index is 541. The van der Waals surface area contributed by atoms with Gasteiger partial charge in [-0.1, -0.05) is 45.0 Å².